The predicted molar refractivity (Wildman–Crippen MR) is 173 cm³/mol. The molecule has 1 heterocycles. The van der Waals surface area contributed by atoms with Crippen LogP contribution in [0.4, 0.5) is 0 Å². The first-order valence-corrected chi connectivity index (χ1v) is 16.6. The smallest absolute Gasteiger partial charge is 0.518 e. The highest BCUT2D eigenvalue weighted by Gasteiger charge is 2.56. The summed E-state index contributed by atoms with van der Waals surface area (Å²) in [6.45, 7) is 8.17. The van der Waals surface area contributed by atoms with Gasteiger partial charge in [-0.3, -0.25) is 4.90 Å². The van der Waals surface area contributed by atoms with Gasteiger partial charge in [-0.1, -0.05) is 115 Å². The lowest BCUT2D eigenvalue weighted by Gasteiger charge is -2.52. The van der Waals surface area contributed by atoms with Crippen molar-refractivity contribution < 1.29 is 14.0 Å². The fourth-order valence-corrected chi connectivity index (χ4v) is 12.1. The molecule has 3 aromatic rings. The summed E-state index contributed by atoms with van der Waals surface area (Å²) in [5.74, 6) is 0. The molecule has 0 bridgehead atoms. The Kier molecular flexibility index (Phi) is 8.31. The SMILES string of the molecule is CN(C)C1(C(C=COB2OC(C)(C)C(C)(C)O2)[Si](c2ccccc2)(c2ccccc2)c2ccccc2)C=CC=CC1. The predicted octanol–water partition coefficient (Wildman–Crippen LogP) is 5.46. The van der Waals surface area contributed by atoms with E-state index in [-0.39, 0.29) is 11.1 Å². The maximum Gasteiger partial charge on any atom is 0.713 e. The molecule has 0 spiro atoms. The van der Waals surface area contributed by atoms with Gasteiger partial charge in [-0.25, -0.2) is 0 Å². The Balaban J connectivity index is 1.75. The molecule has 212 valence electrons. The van der Waals surface area contributed by atoms with E-state index in [2.05, 4.69) is 140 Å². The lowest BCUT2D eigenvalue weighted by molar-refractivity contribution is 0.00578. The summed E-state index contributed by atoms with van der Waals surface area (Å²) in [6, 6.07) is 33.2. The van der Waals surface area contributed by atoms with Crippen LogP contribution in [-0.2, 0) is 14.0 Å². The zero-order chi connectivity index (χ0) is 29.1. The summed E-state index contributed by atoms with van der Waals surface area (Å²) in [6.07, 6.45) is 14.0. The first-order chi connectivity index (χ1) is 19.6. The summed E-state index contributed by atoms with van der Waals surface area (Å²) in [5.41, 5.74) is -1.20. The Hall–Kier alpha value is -3.16. The van der Waals surface area contributed by atoms with Gasteiger partial charge >= 0.3 is 7.32 Å². The van der Waals surface area contributed by atoms with Gasteiger partial charge in [-0.05, 0) is 69.8 Å². The Morgan fingerprint density at radius 1 is 0.756 bits per heavy atom. The third-order valence-electron chi connectivity index (χ3n) is 9.29. The van der Waals surface area contributed by atoms with Gasteiger partial charge in [0, 0.05) is 11.1 Å². The van der Waals surface area contributed by atoms with Crippen LogP contribution in [0.15, 0.2) is 128 Å². The van der Waals surface area contributed by atoms with Crippen molar-refractivity contribution in [1.82, 2.24) is 4.90 Å². The van der Waals surface area contributed by atoms with Gasteiger partial charge in [0.05, 0.1) is 17.5 Å². The third-order valence-corrected chi connectivity index (χ3v) is 14.7. The molecule has 5 rings (SSSR count). The Morgan fingerprint density at radius 3 is 1.61 bits per heavy atom. The van der Waals surface area contributed by atoms with E-state index in [0.29, 0.717) is 0 Å². The minimum Gasteiger partial charge on any atom is -0.518 e. The highest BCUT2D eigenvalue weighted by molar-refractivity contribution is 7.12. The van der Waals surface area contributed by atoms with E-state index in [4.69, 9.17) is 14.0 Å². The van der Waals surface area contributed by atoms with E-state index in [1.807, 2.05) is 34.0 Å². The number of likely N-dealkylation sites (N-methyl/N-ethyl adjacent to an activating group) is 1. The van der Waals surface area contributed by atoms with Gasteiger partial charge in [0.25, 0.3) is 0 Å². The lowest BCUT2D eigenvalue weighted by atomic mass is 9.86. The van der Waals surface area contributed by atoms with Crippen LogP contribution in [0.3, 0.4) is 0 Å². The summed E-state index contributed by atoms with van der Waals surface area (Å²) in [7, 11) is 0.835. The standard InChI is InChI=1S/C35H42BNO3Si/c1-33(2)34(3,4)40-36(39-33)38-28-25-32(35(37(5)6)26-17-10-18-27-35)41(29-19-11-7-12-20-29,30-21-13-8-14-22-30)31-23-15-9-16-24-31/h7-26,28,32H,27H2,1-6H3. The minimum atomic E-state index is -2.78. The third kappa shape index (κ3) is 5.30. The van der Waals surface area contributed by atoms with Crippen LogP contribution in [-0.4, -0.2) is 51.1 Å². The number of hydrogen-bond acceptors (Lipinski definition) is 4. The van der Waals surface area contributed by atoms with E-state index >= 15 is 0 Å². The van der Waals surface area contributed by atoms with E-state index in [1.54, 1.807) is 0 Å². The van der Waals surface area contributed by atoms with Gasteiger partial charge in [-0.2, -0.15) is 0 Å². The first-order valence-electron chi connectivity index (χ1n) is 14.5. The molecule has 41 heavy (non-hydrogen) atoms. The molecule has 0 radical (unpaired) electrons. The van der Waals surface area contributed by atoms with Crippen molar-refractivity contribution in [2.45, 2.75) is 56.4 Å². The highest BCUT2D eigenvalue weighted by atomic mass is 28.3. The second-order valence-electron chi connectivity index (χ2n) is 12.3. The van der Waals surface area contributed by atoms with Crippen molar-refractivity contribution in [1.29, 1.82) is 0 Å². The molecule has 6 heteroatoms. The fourth-order valence-electron chi connectivity index (χ4n) is 6.33. The number of benzene rings is 3. The molecule has 1 aliphatic heterocycles. The molecule has 0 amide bonds. The van der Waals surface area contributed by atoms with Crippen LogP contribution in [0.5, 0.6) is 0 Å². The molecule has 1 fully saturated rings. The van der Waals surface area contributed by atoms with E-state index in [1.165, 1.54) is 15.6 Å². The van der Waals surface area contributed by atoms with Crippen molar-refractivity contribution in [3.05, 3.63) is 128 Å². The number of rotatable bonds is 9. The molecule has 4 nitrogen and oxygen atoms in total. The maximum absolute atomic E-state index is 6.26. The average Bonchev–Trinajstić information content (AvgIpc) is 3.19. The lowest BCUT2D eigenvalue weighted by Crippen LogP contribution is -2.74. The zero-order valence-electron chi connectivity index (χ0n) is 25.2. The number of nitrogens with zero attached hydrogens (tertiary/aromatic N) is 1. The molecule has 1 saturated heterocycles. The van der Waals surface area contributed by atoms with Crippen molar-refractivity contribution in [3.8, 4) is 0 Å². The normalized spacial score (nSPS) is 22.4. The minimum absolute atomic E-state index is 0.0424. The van der Waals surface area contributed by atoms with Crippen molar-refractivity contribution in [2.75, 3.05) is 14.1 Å². The number of hydrogen-bond donors (Lipinski definition) is 0. The zero-order valence-corrected chi connectivity index (χ0v) is 26.2. The highest BCUT2D eigenvalue weighted by Crippen LogP contribution is 2.43. The molecule has 2 atom stereocenters. The van der Waals surface area contributed by atoms with Gasteiger partial charge in [0.1, 0.15) is 0 Å². The van der Waals surface area contributed by atoms with Gasteiger partial charge in [0.15, 0.2) is 8.07 Å². The molecule has 0 aromatic heterocycles. The summed E-state index contributed by atoms with van der Waals surface area (Å²) >= 11 is 0. The van der Waals surface area contributed by atoms with Crippen molar-refractivity contribution in [2.24, 2.45) is 0 Å². The Morgan fingerprint density at radius 2 is 1.22 bits per heavy atom. The van der Waals surface area contributed by atoms with Crippen LogP contribution in [0.25, 0.3) is 0 Å². The van der Waals surface area contributed by atoms with Crippen LogP contribution in [0.1, 0.15) is 34.1 Å². The van der Waals surface area contributed by atoms with Crippen LogP contribution < -0.4 is 15.6 Å². The molecule has 0 saturated carbocycles. The second kappa shape index (κ2) is 11.6. The molecule has 3 aromatic carbocycles. The molecule has 2 unspecified atom stereocenters. The van der Waals surface area contributed by atoms with Crippen LogP contribution in [0.2, 0.25) is 5.54 Å². The molecule has 2 aliphatic rings. The van der Waals surface area contributed by atoms with Gasteiger partial charge < -0.3 is 14.0 Å². The summed E-state index contributed by atoms with van der Waals surface area (Å²) in [5, 5.41) is 4.06. The first kappa shape index (κ1) is 29.3. The maximum atomic E-state index is 6.26. The van der Waals surface area contributed by atoms with Gasteiger partial charge in [0.2, 0.25) is 0 Å². The summed E-state index contributed by atoms with van der Waals surface area (Å²) < 4.78 is 18.6. The average molecular weight is 564 g/mol. The van der Waals surface area contributed by atoms with E-state index < -0.39 is 26.6 Å². The van der Waals surface area contributed by atoms with Crippen molar-refractivity contribution in [3.63, 3.8) is 0 Å². The second-order valence-corrected chi connectivity index (χ2v) is 16.2. The fraction of sp³-hybridized carbons (Fsp3) is 0.314. The Labute approximate surface area is 247 Å². The van der Waals surface area contributed by atoms with Gasteiger partial charge in [-0.15, -0.1) is 0 Å². The Bertz CT molecular complexity index is 1280. The molecular formula is C35H42BNO3Si. The number of allylic oxidation sites excluding steroid dienone is 2. The van der Waals surface area contributed by atoms with E-state index in [0.717, 1.165) is 6.42 Å². The van der Waals surface area contributed by atoms with Crippen LogP contribution in [0, 0.1) is 0 Å². The largest absolute Gasteiger partial charge is 0.713 e. The summed E-state index contributed by atoms with van der Waals surface area (Å²) in [4.78, 5) is 2.38. The molecular weight excluding hydrogens is 521 g/mol. The molecule has 0 N–H and O–H groups in total. The van der Waals surface area contributed by atoms with E-state index in [9.17, 15) is 0 Å². The topological polar surface area (TPSA) is 30.9 Å². The molecule has 1 aliphatic carbocycles. The van der Waals surface area contributed by atoms with Crippen molar-refractivity contribution >= 4 is 31.0 Å². The quantitative estimate of drug-likeness (QED) is 0.197. The monoisotopic (exact) mass is 563 g/mol. The van der Waals surface area contributed by atoms with Crippen LogP contribution >= 0.6 is 0 Å².